The van der Waals surface area contributed by atoms with Gasteiger partial charge >= 0.3 is 0 Å². The molecule has 164 valence electrons. The van der Waals surface area contributed by atoms with Crippen molar-refractivity contribution < 1.29 is 14.6 Å². The molecular weight excluding hydrogens is 410 g/mol. The van der Waals surface area contributed by atoms with Gasteiger partial charge in [0, 0.05) is 12.0 Å². The molecule has 0 radical (unpaired) electrons. The third-order valence-corrected chi connectivity index (χ3v) is 5.61. The fourth-order valence-electron chi connectivity index (χ4n) is 3.33. The van der Waals surface area contributed by atoms with Crippen molar-refractivity contribution >= 4 is 11.6 Å². The van der Waals surface area contributed by atoms with E-state index in [1.54, 1.807) is 7.11 Å². The number of hydrogen-bond acceptors (Lipinski definition) is 4. The molecule has 0 unspecified atom stereocenters. The molecule has 0 fully saturated rings. The topological polar surface area (TPSA) is 64.7 Å². The standard InChI is InChI=1S/C26H30ClNO3/c1-26(28,18-29)14-12-20-16-23(27)25(24(17-20)30-2)31-15-13-19-8-10-22(11-9-19)21-6-4-3-5-7-21/h3-11,16-17,29H,12-15,18,28H2,1-2H3/t26-/m1/s1. The second-order valence-electron chi connectivity index (χ2n) is 8.08. The number of rotatable bonds is 10. The van der Waals surface area contributed by atoms with Crippen molar-refractivity contribution in [3.63, 3.8) is 0 Å². The number of aryl methyl sites for hydroxylation is 1. The van der Waals surface area contributed by atoms with Crippen LogP contribution in [0.25, 0.3) is 11.1 Å². The Labute approximate surface area is 189 Å². The lowest BCUT2D eigenvalue weighted by atomic mass is 9.95. The average Bonchev–Trinajstić information content (AvgIpc) is 2.80. The Kier molecular flexibility index (Phi) is 7.97. The van der Waals surface area contributed by atoms with Crippen molar-refractivity contribution in [2.24, 2.45) is 5.73 Å². The van der Waals surface area contributed by atoms with Crippen LogP contribution in [-0.2, 0) is 12.8 Å². The van der Waals surface area contributed by atoms with Gasteiger partial charge in [-0.05, 0) is 54.2 Å². The lowest BCUT2D eigenvalue weighted by Crippen LogP contribution is -2.40. The second kappa shape index (κ2) is 10.7. The normalized spacial score (nSPS) is 12.9. The van der Waals surface area contributed by atoms with Crippen LogP contribution in [0.5, 0.6) is 11.5 Å². The van der Waals surface area contributed by atoms with E-state index < -0.39 is 5.54 Å². The molecule has 4 nitrogen and oxygen atoms in total. The number of hydrogen-bond donors (Lipinski definition) is 2. The second-order valence-corrected chi connectivity index (χ2v) is 8.49. The fourth-order valence-corrected chi connectivity index (χ4v) is 3.62. The zero-order chi connectivity index (χ0) is 22.3. The van der Waals surface area contributed by atoms with Gasteiger partial charge in [0.2, 0.25) is 0 Å². The predicted molar refractivity (Wildman–Crippen MR) is 127 cm³/mol. The first kappa shape index (κ1) is 23.1. The van der Waals surface area contributed by atoms with E-state index in [1.165, 1.54) is 16.7 Å². The molecule has 3 aromatic rings. The zero-order valence-corrected chi connectivity index (χ0v) is 18.9. The van der Waals surface area contributed by atoms with E-state index in [-0.39, 0.29) is 6.61 Å². The highest BCUT2D eigenvalue weighted by atomic mass is 35.5. The highest BCUT2D eigenvalue weighted by molar-refractivity contribution is 6.32. The van der Waals surface area contributed by atoms with Gasteiger partial charge in [0.15, 0.2) is 11.5 Å². The molecule has 0 aromatic heterocycles. The lowest BCUT2D eigenvalue weighted by molar-refractivity contribution is 0.200. The van der Waals surface area contributed by atoms with Crippen LogP contribution in [0.15, 0.2) is 66.7 Å². The summed E-state index contributed by atoms with van der Waals surface area (Å²) in [6, 6.07) is 22.6. The molecule has 0 saturated heterocycles. The quantitative estimate of drug-likeness (QED) is 0.451. The van der Waals surface area contributed by atoms with Crippen LogP contribution in [-0.4, -0.2) is 31.0 Å². The minimum absolute atomic E-state index is 0.0641. The van der Waals surface area contributed by atoms with Crippen LogP contribution in [0.4, 0.5) is 0 Å². The van der Waals surface area contributed by atoms with E-state index in [9.17, 15) is 5.11 Å². The number of aliphatic hydroxyl groups excluding tert-OH is 1. The van der Waals surface area contributed by atoms with E-state index >= 15 is 0 Å². The molecule has 31 heavy (non-hydrogen) atoms. The Balaban J connectivity index is 1.61. The predicted octanol–water partition coefficient (Wildman–Crippen LogP) is 5.28. The third-order valence-electron chi connectivity index (χ3n) is 5.33. The Morgan fingerprint density at radius 1 is 0.935 bits per heavy atom. The van der Waals surface area contributed by atoms with E-state index in [2.05, 4.69) is 36.4 Å². The minimum atomic E-state index is -0.620. The summed E-state index contributed by atoms with van der Waals surface area (Å²) in [6.07, 6.45) is 2.10. The van der Waals surface area contributed by atoms with Crippen molar-refractivity contribution in [3.05, 3.63) is 82.9 Å². The maximum atomic E-state index is 9.34. The Morgan fingerprint density at radius 2 is 1.61 bits per heavy atom. The molecule has 0 heterocycles. The van der Waals surface area contributed by atoms with Gasteiger partial charge in [-0.3, -0.25) is 0 Å². The minimum Gasteiger partial charge on any atom is -0.493 e. The summed E-state index contributed by atoms with van der Waals surface area (Å²) >= 11 is 6.48. The first-order chi connectivity index (χ1) is 14.9. The first-order valence-corrected chi connectivity index (χ1v) is 10.8. The molecule has 0 spiro atoms. The molecule has 0 saturated carbocycles. The number of benzene rings is 3. The van der Waals surface area contributed by atoms with Gasteiger partial charge < -0.3 is 20.3 Å². The zero-order valence-electron chi connectivity index (χ0n) is 18.1. The van der Waals surface area contributed by atoms with Gasteiger partial charge in [0.25, 0.3) is 0 Å². The van der Waals surface area contributed by atoms with Gasteiger partial charge in [-0.2, -0.15) is 0 Å². The molecule has 5 heteroatoms. The van der Waals surface area contributed by atoms with Crippen molar-refractivity contribution in [2.45, 2.75) is 31.7 Å². The summed E-state index contributed by atoms with van der Waals surface area (Å²) in [5, 5.41) is 9.85. The summed E-state index contributed by atoms with van der Waals surface area (Å²) < 4.78 is 11.5. The first-order valence-electron chi connectivity index (χ1n) is 10.5. The van der Waals surface area contributed by atoms with E-state index in [1.807, 2.05) is 37.3 Å². The van der Waals surface area contributed by atoms with Crippen molar-refractivity contribution in [1.29, 1.82) is 0 Å². The van der Waals surface area contributed by atoms with E-state index in [0.717, 1.165) is 12.0 Å². The molecule has 3 aromatic carbocycles. The molecule has 0 aliphatic heterocycles. The molecule has 0 bridgehead atoms. The molecule has 0 aliphatic carbocycles. The number of nitrogens with two attached hydrogens (primary N) is 1. The van der Waals surface area contributed by atoms with Crippen LogP contribution in [0.3, 0.4) is 0 Å². The Bertz CT molecular complexity index is 972. The van der Waals surface area contributed by atoms with Crippen LogP contribution in [0.2, 0.25) is 5.02 Å². The van der Waals surface area contributed by atoms with E-state index in [0.29, 0.717) is 36.0 Å². The van der Waals surface area contributed by atoms with Crippen LogP contribution < -0.4 is 15.2 Å². The summed E-state index contributed by atoms with van der Waals surface area (Å²) in [6.45, 7) is 2.26. The lowest BCUT2D eigenvalue weighted by Gasteiger charge is -2.22. The monoisotopic (exact) mass is 439 g/mol. The smallest absolute Gasteiger partial charge is 0.179 e. The van der Waals surface area contributed by atoms with Crippen LogP contribution >= 0.6 is 11.6 Å². The highest BCUT2D eigenvalue weighted by Crippen LogP contribution is 2.37. The van der Waals surface area contributed by atoms with Crippen molar-refractivity contribution in [1.82, 2.24) is 0 Å². The van der Waals surface area contributed by atoms with Gasteiger partial charge in [-0.25, -0.2) is 0 Å². The highest BCUT2D eigenvalue weighted by Gasteiger charge is 2.18. The van der Waals surface area contributed by atoms with Crippen LogP contribution in [0.1, 0.15) is 24.5 Å². The molecule has 0 amide bonds. The summed E-state index contributed by atoms with van der Waals surface area (Å²) in [4.78, 5) is 0. The van der Waals surface area contributed by atoms with Crippen molar-refractivity contribution in [2.75, 3.05) is 20.3 Å². The SMILES string of the molecule is COc1cc(CC[C@@](C)(N)CO)cc(Cl)c1OCCc1ccc(-c2ccccc2)cc1. The Morgan fingerprint density at radius 3 is 2.26 bits per heavy atom. The largest absolute Gasteiger partial charge is 0.493 e. The number of aliphatic hydroxyl groups is 1. The number of halogens is 1. The Hall–Kier alpha value is -2.53. The van der Waals surface area contributed by atoms with Gasteiger partial charge in [-0.15, -0.1) is 0 Å². The van der Waals surface area contributed by atoms with Gasteiger partial charge in [0.1, 0.15) is 0 Å². The molecule has 3 rings (SSSR count). The number of methoxy groups -OCH3 is 1. The summed E-state index contributed by atoms with van der Waals surface area (Å²) in [5.41, 5.74) is 9.99. The average molecular weight is 440 g/mol. The number of ether oxygens (including phenoxy) is 2. The van der Waals surface area contributed by atoms with Gasteiger partial charge in [0.05, 0.1) is 25.3 Å². The third kappa shape index (κ3) is 6.47. The molecule has 0 aliphatic rings. The molecule has 3 N–H and O–H groups in total. The summed E-state index contributed by atoms with van der Waals surface area (Å²) in [7, 11) is 1.60. The summed E-state index contributed by atoms with van der Waals surface area (Å²) in [5.74, 6) is 1.15. The van der Waals surface area contributed by atoms with Crippen molar-refractivity contribution in [3.8, 4) is 22.6 Å². The van der Waals surface area contributed by atoms with Crippen LogP contribution in [0, 0.1) is 0 Å². The molecular formula is C26H30ClNO3. The fraction of sp³-hybridized carbons (Fsp3) is 0.308. The van der Waals surface area contributed by atoms with E-state index in [4.69, 9.17) is 26.8 Å². The maximum absolute atomic E-state index is 9.34. The van der Waals surface area contributed by atoms with Gasteiger partial charge in [-0.1, -0.05) is 66.2 Å². The maximum Gasteiger partial charge on any atom is 0.179 e. The molecule has 1 atom stereocenters.